The summed E-state index contributed by atoms with van der Waals surface area (Å²) in [6, 6.07) is -1.54. The Hall–Kier alpha value is -0.880. The van der Waals surface area contributed by atoms with Gasteiger partial charge in [0.25, 0.3) is 30.4 Å². The van der Waals surface area contributed by atoms with Gasteiger partial charge in [0, 0.05) is 6.92 Å². The summed E-state index contributed by atoms with van der Waals surface area (Å²) in [6.07, 6.45) is -4.97. The van der Waals surface area contributed by atoms with E-state index in [1.54, 1.807) is 0 Å². The third-order valence-corrected chi connectivity index (χ3v) is 4.76. The van der Waals surface area contributed by atoms with Crippen LogP contribution in [0.1, 0.15) is 6.92 Å². The monoisotopic (exact) mass is 455 g/mol. The van der Waals surface area contributed by atoms with Crippen molar-refractivity contribution in [2.75, 3.05) is 25.4 Å². The summed E-state index contributed by atoms with van der Waals surface area (Å²) in [5, 5.41) is 12.3. The molecule has 0 bridgehead atoms. The molecule has 13 nitrogen and oxygen atoms in total. The van der Waals surface area contributed by atoms with Crippen LogP contribution in [0.5, 0.6) is 0 Å². The van der Waals surface area contributed by atoms with E-state index in [9.17, 15) is 35.2 Å². The highest BCUT2D eigenvalue weighted by atomic mass is 32.2. The molecule has 1 fully saturated rings. The molecule has 0 aromatic rings. The first-order chi connectivity index (χ1) is 12.0. The summed E-state index contributed by atoms with van der Waals surface area (Å²) in [5.41, 5.74) is 0. The van der Waals surface area contributed by atoms with Gasteiger partial charge in [0.1, 0.15) is 24.4 Å². The molecule has 160 valence electrons. The van der Waals surface area contributed by atoms with Crippen LogP contribution < -0.4 is 5.32 Å². The minimum atomic E-state index is -4.22. The molecule has 0 aromatic heterocycles. The first-order valence-electron chi connectivity index (χ1n) is 7.20. The fourth-order valence-electron chi connectivity index (χ4n) is 2.27. The van der Waals surface area contributed by atoms with Gasteiger partial charge < -0.3 is 15.2 Å². The number of hydrogen-bond donors (Lipinski definition) is 2. The van der Waals surface area contributed by atoms with Crippen LogP contribution in [0, 0.1) is 0 Å². The van der Waals surface area contributed by atoms with E-state index in [1.165, 1.54) is 0 Å². The van der Waals surface area contributed by atoms with E-state index in [2.05, 4.69) is 9.50 Å². The molecule has 0 radical (unpaired) electrons. The maximum absolute atomic E-state index is 11.6. The lowest BCUT2D eigenvalue weighted by Crippen LogP contribution is -2.66. The van der Waals surface area contributed by atoms with Crippen LogP contribution in [0.25, 0.3) is 0 Å². The summed E-state index contributed by atoms with van der Waals surface area (Å²) in [4.78, 5) is 11.4. The molecular weight excluding hydrogens is 434 g/mol. The lowest BCUT2D eigenvalue weighted by molar-refractivity contribution is -0.241. The van der Waals surface area contributed by atoms with Gasteiger partial charge in [0.2, 0.25) is 5.91 Å². The van der Waals surface area contributed by atoms with Gasteiger partial charge in [-0.15, -0.1) is 0 Å². The third kappa shape index (κ3) is 8.77. The van der Waals surface area contributed by atoms with E-state index < -0.39 is 73.5 Å². The molecule has 1 aliphatic rings. The zero-order valence-corrected chi connectivity index (χ0v) is 17.2. The van der Waals surface area contributed by atoms with Gasteiger partial charge in [-0.1, -0.05) is 0 Å². The van der Waals surface area contributed by atoms with E-state index in [-0.39, 0.29) is 0 Å². The number of carbonyl (C=O) groups is 1. The van der Waals surface area contributed by atoms with Crippen LogP contribution in [0.3, 0.4) is 0 Å². The van der Waals surface area contributed by atoms with E-state index >= 15 is 0 Å². The second-order valence-corrected chi connectivity index (χ2v) is 10.7. The highest BCUT2D eigenvalue weighted by Crippen LogP contribution is 2.28. The molecule has 1 saturated heterocycles. The Labute approximate surface area is 157 Å². The number of nitrogens with one attached hydrogen (secondary N) is 1. The molecule has 1 amide bonds. The topological polar surface area (TPSA) is 189 Å². The van der Waals surface area contributed by atoms with Crippen LogP contribution in [-0.4, -0.2) is 92.3 Å². The Balaban J connectivity index is 3.34. The Kier molecular flexibility index (Phi) is 7.73. The van der Waals surface area contributed by atoms with Gasteiger partial charge >= 0.3 is 0 Å². The zero-order chi connectivity index (χ0) is 21.2. The van der Waals surface area contributed by atoms with Crippen molar-refractivity contribution >= 4 is 36.3 Å². The number of ether oxygens (including phenoxy) is 1. The SMILES string of the molecule is CC(=O)N[C@@H]1[C@H](OS(C)(=O)=O)[C@@H](OS(C)(=O)=O)[C@@H](COS(C)(=O)=O)O[C@H]1O. The van der Waals surface area contributed by atoms with Gasteiger partial charge in [0.05, 0.1) is 25.4 Å². The average Bonchev–Trinajstić information content (AvgIpc) is 2.40. The summed E-state index contributed by atoms with van der Waals surface area (Å²) in [7, 11) is -12.4. The molecule has 27 heavy (non-hydrogen) atoms. The van der Waals surface area contributed by atoms with Gasteiger partial charge in [-0.2, -0.15) is 25.3 Å². The molecule has 0 unspecified atom stereocenters. The number of amides is 1. The van der Waals surface area contributed by atoms with Crippen LogP contribution in [0.2, 0.25) is 0 Å². The van der Waals surface area contributed by atoms with Crippen molar-refractivity contribution in [2.45, 2.75) is 37.6 Å². The number of aliphatic hydroxyl groups is 1. The minimum Gasteiger partial charge on any atom is -0.366 e. The number of aliphatic hydroxyl groups excluding tert-OH is 1. The standard InChI is InChI=1S/C11H21NO12S3/c1-6(13)12-8-10(24-27(4,19)20)9(23-26(3,17)18)7(22-11(8)14)5-21-25(2,15)16/h7-11,14H,5H2,1-4H3,(H,12,13)/t7-,8-,9+,10+,11-/m1/s1. The van der Waals surface area contributed by atoms with Crippen molar-refractivity contribution in [1.82, 2.24) is 5.32 Å². The maximum Gasteiger partial charge on any atom is 0.264 e. The van der Waals surface area contributed by atoms with Crippen molar-refractivity contribution in [3.05, 3.63) is 0 Å². The Morgan fingerprint density at radius 1 is 0.963 bits per heavy atom. The summed E-state index contributed by atoms with van der Waals surface area (Å²) in [5.74, 6) is -0.714. The maximum atomic E-state index is 11.6. The largest absolute Gasteiger partial charge is 0.366 e. The quantitative estimate of drug-likeness (QED) is 0.351. The Morgan fingerprint density at radius 3 is 1.85 bits per heavy atom. The molecule has 0 aliphatic carbocycles. The predicted molar refractivity (Wildman–Crippen MR) is 88.7 cm³/mol. The molecule has 5 atom stereocenters. The van der Waals surface area contributed by atoms with Crippen molar-refractivity contribution in [3.63, 3.8) is 0 Å². The zero-order valence-electron chi connectivity index (χ0n) is 14.8. The summed E-state index contributed by atoms with van der Waals surface area (Å²) in [6.45, 7) is 0.238. The van der Waals surface area contributed by atoms with Crippen LogP contribution in [-0.2, 0) is 52.4 Å². The number of hydrogen-bond acceptors (Lipinski definition) is 12. The lowest BCUT2D eigenvalue weighted by Gasteiger charge is -2.43. The van der Waals surface area contributed by atoms with Gasteiger partial charge in [-0.3, -0.25) is 17.3 Å². The van der Waals surface area contributed by atoms with Crippen molar-refractivity contribution in [1.29, 1.82) is 0 Å². The van der Waals surface area contributed by atoms with Gasteiger partial charge in [0.15, 0.2) is 6.29 Å². The Morgan fingerprint density at radius 2 is 1.44 bits per heavy atom. The van der Waals surface area contributed by atoms with Crippen molar-refractivity contribution in [3.8, 4) is 0 Å². The smallest absolute Gasteiger partial charge is 0.264 e. The van der Waals surface area contributed by atoms with E-state index in [1.807, 2.05) is 0 Å². The van der Waals surface area contributed by atoms with E-state index in [0.717, 1.165) is 6.92 Å². The Bertz CT molecular complexity index is 849. The van der Waals surface area contributed by atoms with Crippen LogP contribution in [0.15, 0.2) is 0 Å². The average molecular weight is 455 g/mol. The van der Waals surface area contributed by atoms with Crippen LogP contribution in [0.4, 0.5) is 0 Å². The lowest BCUT2D eigenvalue weighted by atomic mass is 9.97. The van der Waals surface area contributed by atoms with Gasteiger partial charge in [-0.25, -0.2) is 0 Å². The highest BCUT2D eigenvalue weighted by molar-refractivity contribution is 7.86. The fourth-order valence-corrected chi connectivity index (χ4v) is 3.92. The molecule has 1 rings (SSSR count). The highest BCUT2D eigenvalue weighted by Gasteiger charge is 2.50. The number of carbonyl (C=O) groups excluding carboxylic acids is 1. The molecule has 0 saturated carbocycles. The minimum absolute atomic E-state index is 0.650. The summed E-state index contributed by atoms with van der Waals surface area (Å²) >= 11 is 0. The molecule has 0 spiro atoms. The third-order valence-electron chi connectivity index (χ3n) is 3.05. The molecule has 1 heterocycles. The molecule has 1 aliphatic heterocycles. The van der Waals surface area contributed by atoms with Crippen LogP contribution >= 0.6 is 0 Å². The second-order valence-electron chi connectivity index (χ2n) is 5.81. The van der Waals surface area contributed by atoms with Gasteiger partial charge in [-0.05, 0) is 0 Å². The molecule has 2 N–H and O–H groups in total. The molecular formula is C11H21NO12S3. The van der Waals surface area contributed by atoms with Crippen molar-refractivity contribution < 1.29 is 52.4 Å². The van der Waals surface area contributed by atoms with Crippen molar-refractivity contribution in [2.24, 2.45) is 0 Å². The van der Waals surface area contributed by atoms with E-state index in [0.29, 0.717) is 18.8 Å². The normalized spacial score (nSPS) is 30.0. The second kappa shape index (κ2) is 8.64. The summed E-state index contributed by atoms with van der Waals surface area (Å²) < 4.78 is 87.9. The fraction of sp³-hybridized carbons (Fsp3) is 0.909. The first kappa shape index (κ1) is 24.2. The van der Waals surface area contributed by atoms with E-state index in [4.69, 9.17) is 13.1 Å². The molecule has 16 heteroatoms. The predicted octanol–water partition coefficient (Wildman–Crippen LogP) is -3.13. The first-order valence-corrected chi connectivity index (χ1v) is 12.6. The number of rotatable bonds is 8. The molecule has 0 aromatic carbocycles.